The molecular weight excluding hydrogens is 270 g/mol. The molecule has 2 nitrogen and oxygen atoms in total. The van der Waals surface area contributed by atoms with Crippen molar-refractivity contribution in [2.24, 2.45) is 0 Å². The molecule has 1 N–H and O–H groups in total. The molecule has 0 aliphatic heterocycles. The van der Waals surface area contributed by atoms with Crippen molar-refractivity contribution in [1.29, 1.82) is 0 Å². The molecule has 0 saturated carbocycles. The lowest BCUT2D eigenvalue weighted by Crippen LogP contribution is -2.21. The molecule has 0 unspecified atom stereocenters. The van der Waals surface area contributed by atoms with Gasteiger partial charge in [-0.15, -0.1) is 0 Å². The van der Waals surface area contributed by atoms with Gasteiger partial charge in [-0.1, -0.05) is 41.9 Å². The standard InChI is InChI=1S/C17H20ClNO/c1-14(15-8-10-16(18)11-9-15)19-12-5-13-20-17-6-3-2-4-7-17/h2-4,6-11,14,19H,5,12-13H2,1H3/t14-/m0/s1. The Balaban J connectivity index is 1.64. The first-order chi connectivity index (χ1) is 9.75. The molecule has 0 amide bonds. The lowest BCUT2D eigenvalue weighted by Gasteiger charge is -2.14. The van der Waals surface area contributed by atoms with Gasteiger partial charge in [0, 0.05) is 11.1 Å². The number of rotatable bonds is 7. The van der Waals surface area contributed by atoms with E-state index in [0.29, 0.717) is 6.04 Å². The summed E-state index contributed by atoms with van der Waals surface area (Å²) >= 11 is 5.88. The SMILES string of the molecule is C[C@H](NCCCOc1ccccc1)c1ccc(Cl)cc1. The zero-order valence-electron chi connectivity index (χ0n) is 11.7. The fourth-order valence-corrected chi connectivity index (χ4v) is 2.09. The Bertz CT molecular complexity index is 498. The molecule has 3 heteroatoms. The normalized spacial score (nSPS) is 12.1. The topological polar surface area (TPSA) is 21.3 Å². The van der Waals surface area contributed by atoms with Crippen LogP contribution in [0.3, 0.4) is 0 Å². The third-order valence-corrected chi connectivity index (χ3v) is 3.41. The van der Waals surface area contributed by atoms with Gasteiger partial charge in [0.2, 0.25) is 0 Å². The molecule has 0 aliphatic carbocycles. The number of ether oxygens (including phenoxy) is 1. The molecule has 0 radical (unpaired) electrons. The highest BCUT2D eigenvalue weighted by atomic mass is 35.5. The number of para-hydroxylation sites is 1. The highest BCUT2D eigenvalue weighted by Gasteiger charge is 2.03. The second-order valence-corrected chi connectivity index (χ2v) is 5.18. The molecule has 2 aromatic rings. The third-order valence-electron chi connectivity index (χ3n) is 3.15. The van der Waals surface area contributed by atoms with Gasteiger partial charge in [-0.25, -0.2) is 0 Å². The number of nitrogens with one attached hydrogen (secondary N) is 1. The van der Waals surface area contributed by atoms with E-state index in [2.05, 4.69) is 24.4 Å². The number of halogens is 1. The Kier molecular flexibility index (Phi) is 5.90. The Morgan fingerprint density at radius 2 is 1.75 bits per heavy atom. The first kappa shape index (κ1) is 14.9. The molecule has 1 atom stereocenters. The van der Waals surface area contributed by atoms with Gasteiger partial charge >= 0.3 is 0 Å². The Morgan fingerprint density at radius 1 is 1.05 bits per heavy atom. The van der Waals surface area contributed by atoms with Crippen molar-refractivity contribution in [3.05, 3.63) is 65.2 Å². The van der Waals surface area contributed by atoms with Gasteiger partial charge in [0.15, 0.2) is 0 Å². The molecule has 20 heavy (non-hydrogen) atoms. The highest BCUT2D eigenvalue weighted by Crippen LogP contribution is 2.15. The van der Waals surface area contributed by atoms with Crippen LogP contribution in [-0.2, 0) is 0 Å². The molecule has 0 heterocycles. The van der Waals surface area contributed by atoms with Crippen molar-refractivity contribution >= 4 is 11.6 Å². The fraction of sp³-hybridized carbons (Fsp3) is 0.294. The third kappa shape index (κ3) is 4.87. The van der Waals surface area contributed by atoms with Crippen LogP contribution >= 0.6 is 11.6 Å². The van der Waals surface area contributed by atoms with Gasteiger partial charge < -0.3 is 10.1 Å². The van der Waals surface area contributed by atoms with Gasteiger partial charge in [0.1, 0.15) is 5.75 Å². The van der Waals surface area contributed by atoms with Gasteiger partial charge in [0.05, 0.1) is 6.61 Å². The van der Waals surface area contributed by atoms with Gasteiger partial charge in [0.25, 0.3) is 0 Å². The van der Waals surface area contributed by atoms with E-state index in [0.717, 1.165) is 30.3 Å². The van der Waals surface area contributed by atoms with E-state index >= 15 is 0 Å². The van der Waals surface area contributed by atoms with E-state index in [-0.39, 0.29) is 0 Å². The monoisotopic (exact) mass is 289 g/mol. The van der Waals surface area contributed by atoms with Gasteiger partial charge in [-0.3, -0.25) is 0 Å². The summed E-state index contributed by atoms with van der Waals surface area (Å²) < 4.78 is 5.65. The maximum atomic E-state index is 5.88. The molecule has 0 spiro atoms. The maximum Gasteiger partial charge on any atom is 0.119 e. The quantitative estimate of drug-likeness (QED) is 0.760. The minimum Gasteiger partial charge on any atom is -0.494 e. The minimum atomic E-state index is 0.323. The number of benzene rings is 2. The van der Waals surface area contributed by atoms with Crippen LogP contribution in [0, 0.1) is 0 Å². The minimum absolute atomic E-state index is 0.323. The molecule has 0 fully saturated rings. The van der Waals surface area contributed by atoms with Crippen LogP contribution in [0.5, 0.6) is 5.75 Å². The molecule has 0 aliphatic rings. The summed E-state index contributed by atoms with van der Waals surface area (Å²) in [5.41, 5.74) is 1.25. The first-order valence-corrected chi connectivity index (χ1v) is 7.30. The van der Waals surface area contributed by atoms with Crippen LogP contribution in [0.25, 0.3) is 0 Å². The number of hydrogen-bond donors (Lipinski definition) is 1. The lowest BCUT2D eigenvalue weighted by molar-refractivity contribution is 0.305. The Morgan fingerprint density at radius 3 is 2.45 bits per heavy atom. The molecular formula is C17H20ClNO. The summed E-state index contributed by atoms with van der Waals surface area (Å²) in [4.78, 5) is 0. The maximum absolute atomic E-state index is 5.88. The second kappa shape index (κ2) is 7.93. The van der Waals surface area contributed by atoms with E-state index in [1.165, 1.54) is 5.56 Å². The van der Waals surface area contributed by atoms with Crippen LogP contribution in [-0.4, -0.2) is 13.2 Å². The van der Waals surface area contributed by atoms with Crippen LogP contribution in [0.1, 0.15) is 24.9 Å². The summed E-state index contributed by atoms with van der Waals surface area (Å²) in [6.07, 6.45) is 0.979. The van der Waals surface area contributed by atoms with Crippen molar-refractivity contribution in [1.82, 2.24) is 5.32 Å². The van der Waals surface area contributed by atoms with E-state index in [4.69, 9.17) is 16.3 Å². The van der Waals surface area contributed by atoms with Gasteiger partial charge in [-0.2, -0.15) is 0 Å². The predicted molar refractivity (Wildman–Crippen MR) is 84.4 cm³/mol. The van der Waals surface area contributed by atoms with Crippen molar-refractivity contribution in [2.75, 3.05) is 13.2 Å². The van der Waals surface area contributed by atoms with E-state index in [1.54, 1.807) is 0 Å². The average molecular weight is 290 g/mol. The molecule has 0 aromatic heterocycles. The molecule has 106 valence electrons. The molecule has 2 rings (SSSR count). The van der Waals surface area contributed by atoms with Crippen molar-refractivity contribution < 1.29 is 4.74 Å². The van der Waals surface area contributed by atoms with E-state index in [9.17, 15) is 0 Å². The first-order valence-electron chi connectivity index (χ1n) is 6.92. The van der Waals surface area contributed by atoms with Crippen molar-refractivity contribution in [3.63, 3.8) is 0 Å². The summed E-state index contributed by atoms with van der Waals surface area (Å²) in [6.45, 7) is 3.81. The smallest absolute Gasteiger partial charge is 0.119 e. The van der Waals surface area contributed by atoms with Crippen LogP contribution < -0.4 is 10.1 Å². The van der Waals surface area contributed by atoms with E-state index in [1.807, 2.05) is 42.5 Å². The fourth-order valence-electron chi connectivity index (χ4n) is 1.97. The van der Waals surface area contributed by atoms with E-state index < -0.39 is 0 Å². The van der Waals surface area contributed by atoms with Crippen LogP contribution in [0.15, 0.2) is 54.6 Å². The average Bonchev–Trinajstić information content (AvgIpc) is 2.48. The zero-order valence-corrected chi connectivity index (χ0v) is 12.4. The predicted octanol–water partition coefficient (Wildman–Crippen LogP) is 4.46. The van der Waals surface area contributed by atoms with Gasteiger partial charge in [-0.05, 0) is 49.7 Å². The Labute approximate surface area is 125 Å². The van der Waals surface area contributed by atoms with Crippen LogP contribution in [0.2, 0.25) is 5.02 Å². The zero-order chi connectivity index (χ0) is 14.2. The van der Waals surface area contributed by atoms with Crippen LogP contribution in [0.4, 0.5) is 0 Å². The highest BCUT2D eigenvalue weighted by molar-refractivity contribution is 6.30. The second-order valence-electron chi connectivity index (χ2n) is 4.74. The molecule has 2 aromatic carbocycles. The largest absolute Gasteiger partial charge is 0.494 e. The summed E-state index contributed by atoms with van der Waals surface area (Å²) in [7, 11) is 0. The summed E-state index contributed by atoms with van der Waals surface area (Å²) in [5.74, 6) is 0.929. The Hall–Kier alpha value is -1.51. The van der Waals surface area contributed by atoms with Crippen molar-refractivity contribution in [3.8, 4) is 5.75 Å². The number of hydrogen-bond acceptors (Lipinski definition) is 2. The lowest BCUT2D eigenvalue weighted by atomic mass is 10.1. The molecule has 0 saturated heterocycles. The summed E-state index contributed by atoms with van der Waals surface area (Å²) in [5, 5.41) is 4.26. The molecule has 0 bridgehead atoms. The van der Waals surface area contributed by atoms with Crippen molar-refractivity contribution in [2.45, 2.75) is 19.4 Å². The summed E-state index contributed by atoms with van der Waals surface area (Å²) in [6, 6.07) is 18.2.